The molecule has 0 aromatic rings. The van der Waals surface area contributed by atoms with Crippen molar-refractivity contribution in [3.63, 3.8) is 0 Å². The first-order valence-corrected chi connectivity index (χ1v) is 3.67. The molecule has 0 aromatic carbocycles. The first-order chi connectivity index (χ1) is 5.11. The predicted molar refractivity (Wildman–Crippen MR) is 40.2 cm³/mol. The van der Waals surface area contributed by atoms with E-state index in [1.165, 1.54) is 6.92 Å². The van der Waals surface area contributed by atoms with E-state index in [4.69, 9.17) is 20.1 Å². The van der Waals surface area contributed by atoms with Crippen LogP contribution in [0.15, 0.2) is 0 Å². The zero-order chi connectivity index (χ0) is 8.85. The van der Waals surface area contributed by atoms with E-state index in [1.54, 1.807) is 6.92 Å². The molecule has 4 nitrogen and oxygen atoms in total. The molecule has 0 bridgehead atoms. The Balaban J connectivity index is 3.68. The van der Waals surface area contributed by atoms with Gasteiger partial charge in [0.15, 0.2) is 0 Å². The van der Waals surface area contributed by atoms with Gasteiger partial charge in [0, 0.05) is 0 Å². The number of hydrogen-bond donors (Lipinski definition) is 3. The summed E-state index contributed by atoms with van der Waals surface area (Å²) in [5, 5.41) is 26.2. The van der Waals surface area contributed by atoms with E-state index in [-0.39, 0.29) is 19.3 Å². The molecule has 0 aliphatic heterocycles. The fraction of sp³-hybridized carbons (Fsp3) is 1.00. The van der Waals surface area contributed by atoms with Crippen molar-refractivity contribution in [2.24, 2.45) is 0 Å². The molecular formula is C7H16O4. The standard InChI is InChI=1S/C7H16O4/c1-5(3-8)11-7(4-9)6(2)10/h5-10H,3-4H2,1-2H3/t5?,6?,7-/m1/s1. The van der Waals surface area contributed by atoms with Crippen molar-refractivity contribution < 1.29 is 20.1 Å². The minimum absolute atomic E-state index is 0.108. The smallest absolute Gasteiger partial charge is 0.107 e. The van der Waals surface area contributed by atoms with Crippen LogP contribution in [-0.2, 0) is 4.74 Å². The Morgan fingerprint density at radius 3 is 2.00 bits per heavy atom. The summed E-state index contributed by atoms with van der Waals surface area (Å²) >= 11 is 0. The molecule has 0 rings (SSSR count). The Morgan fingerprint density at radius 2 is 1.73 bits per heavy atom. The van der Waals surface area contributed by atoms with Crippen LogP contribution in [0, 0.1) is 0 Å². The number of aliphatic hydroxyl groups is 3. The lowest BCUT2D eigenvalue weighted by molar-refractivity contribution is -0.0986. The third kappa shape index (κ3) is 4.31. The van der Waals surface area contributed by atoms with Gasteiger partial charge in [-0.05, 0) is 13.8 Å². The number of ether oxygens (including phenoxy) is 1. The Bertz CT molecular complexity index is 94.4. The first-order valence-electron chi connectivity index (χ1n) is 3.67. The van der Waals surface area contributed by atoms with Crippen LogP contribution in [0.4, 0.5) is 0 Å². The van der Waals surface area contributed by atoms with Gasteiger partial charge in [-0.15, -0.1) is 0 Å². The van der Waals surface area contributed by atoms with E-state index >= 15 is 0 Å². The van der Waals surface area contributed by atoms with Gasteiger partial charge in [-0.1, -0.05) is 0 Å². The second-order valence-electron chi connectivity index (χ2n) is 2.59. The molecule has 0 spiro atoms. The lowest BCUT2D eigenvalue weighted by Crippen LogP contribution is -2.34. The van der Waals surface area contributed by atoms with Crippen LogP contribution in [0.25, 0.3) is 0 Å². The lowest BCUT2D eigenvalue weighted by Gasteiger charge is -2.21. The molecule has 3 atom stereocenters. The van der Waals surface area contributed by atoms with Gasteiger partial charge in [0.25, 0.3) is 0 Å². The summed E-state index contributed by atoms with van der Waals surface area (Å²) in [6, 6.07) is 0. The van der Waals surface area contributed by atoms with Crippen molar-refractivity contribution >= 4 is 0 Å². The summed E-state index contributed by atoms with van der Waals surface area (Å²) in [7, 11) is 0. The summed E-state index contributed by atoms with van der Waals surface area (Å²) < 4.78 is 5.06. The average molecular weight is 164 g/mol. The summed E-state index contributed by atoms with van der Waals surface area (Å²) in [4.78, 5) is 0. The quantitative estimate of drug-likeness (QED) is 0.494. The number of rotatable bonds is 5. The van der Waals surface area contributed by atoms with E-state index in [0.29, 0.717) is 0 Å². The molecule has 0 aromatic heterocycles. The molecule has 0 aliphatic carbocycles. The van der Waals surface area contributed by atoms with Crippen molar-refractivity contribution in [2.45, 2.75) is 32.2 Å². The largest absolute Gasteiger partial charge is 0.394 e. The summed E-state index contributed by atoms with van der Waals surface area (Å²) in [6.45, 7) is 2.86. The van der Waals surface area contributed by atoms with Gasteiger partial charge < -0.3 is 20.1 Å². The summed E-state index contributed by atoms with van der Waals surface area (Å²) in [5.74, 6) is 0. The molecule has 3 N–H and O–H groups in total. The normalized spacial score (nSPS) is 19.4. The third-order valence-corrected chi connectivity index (χ3v) is 1.38. The highest BCUT2D eigenvalue weighted by atomic mass is 16.5. The van der Waals surface area contributed by atoms with Crippen LogP contribution in [0.3, 0.4) is 0 Å². The fourth-order valence-electron chi connectivity index (χ4n) is 0.651. The molecular weight excluding hydrogens is 148 g/mol. The lowest BCUT2D eigenvalue weighted by atomic mass is 10.2. The molecule has 4 heteroatoms. The van der Waals surface area contributed by atoms with Crippen LogP contribution >= 0.6 is 0 Å². The van der Waals surface area contributed by atoms with Crippen LogP contribution in [0.5, 0.6) is 0 Å². The van der Waals surface area contributed by atoms with Crippen molar-refractivity contribution in [1.82, 2.24) is 0 Å². The van der Waals surface area contributed by atoms with Gasteiger partial charge in [0.2, 0.25) is 0 Å². The molecule has 0 fully saturated rings. The maximum Gasteiger partial charge on any atom is 0.107 e. The van der Waals surface area contributed by atoms with Gasteiger partial charge in [0.1, 0.15) is 6.10 Å². The van der Waals surface area contributed by atoms with Gasteiger partial charge in [0.05, 0.1) is 25.4 Å². The van der Waals surface area contributed by atoms with Crippen LogP contribution in [0.2, 0.25) is 0 Å². The highest BCUT2D eigenvalue weighted by molar-refractivity contribution is 4.64. The Hall–Kier alpha value is -0.160. The van der Waals surface area contributed by atoms with E-state index in [9.17, 15) is 0 Å². The molecule has 2 unspecified atom stereocenters. The topological polar surface area (TPSA) is 69.9 Å². The van der Waals surface area contributed by atoms with Gasteiger partial charge >= 0.3 is 0 Å². The minimum Gasteiger partial charge on any atom is -0.394 e. The first kappa shape index (κ1) is 10.8. The molecule has 0 saturated carbocycles. The Morgan fingerprint density at radius 1 is 1.18 bits per heavy atom. The van der Waals surface area contributed by atoms with Crippen LogP contribution in [0.1, 0.15) is 13.8 Å². The second kappa shape index (κ2) is 5.49. The second-order valence-corrected chi connectivity index (χ2v) is 2.59. The van der Waals surface area contributed by atoms with Gasteiger partial charge in [-0.3, -0.25) is 0 Å². The van der Waals surface area contributed by atoms with Crippen LogP contribution < -0.4 is 0 Å². The van der Waals surface area contributed by atoms with E-state index < -0.39 is 12.2 Å². The zero-order valence-electron chi connectivity index (χ0n) is 6.90. The predicted octanol–water partition coefficient (Wildman–Crippen LogP) is -0.875. The number of hydrogen-bond acceptors (Lipinski definition) is 4. The van der Waals surface area contributed by atoms with Crippen molar-refractivity contribution in [3.8, 4) is 0 Å². The van der Waals surface area contributed by atoms with Crippen LogP contribution in [-0.4, -0.2) is 46.8 Å². The van der Waals surface area contributed by atoms with Crippen molar-refractivity contribution in [3.05, 3.63) is 0 Å². The maximum atomic E-state index is 8.99. The maximum absolute atomic E-state index is 8.99. The minimum atomic E-state index is -0.714. The van der Waals surface area contributed by atoms with Gasteiger partial charge in [-0.2, -0.15) is 0 Å². The highest BCUT2D eigenvalue weighted by Gasteiger charge is 2.16. The van der Waals surface area contributed by atoms with Crippen molar-refractivity contribution in [2.75, 3.05) is 13.2 Å². The summed E-state index contributed by atoms with van der Waals surface area (Å²) in [6.07, 6.45) is -1.66. The molecule has 68 valence electrons. The fourth-order valence-corrected chi connectivity index (χ4v) is 0.651. The molecule has 0 amide bonds. The SMILES string of the molecule is CC(CO)O[C@H](CO)C(C)O. The van der Waals surface area contributed by atoms with Crippen molar-refractivity contribution in [1.29, 1.82) is 0 Å². The molecule has 0 aliphatic rings. The Labute approximate surface area is 66.4 Å². The Kier molecular flexibility index (Phi) is 5.41. The van der Waals surface area contributed by atoms with Gasteiger partial charge in [-0.25, -0.2) is 0 Å². The van der Waals surface area contributed by atoms with E-state index in [1.807, 2.05) is 0 Å². The molecule has 0 saturated heterocycles. The summed E-state index contributed by atoms with van der Waals surface area (Å²) in [5.41, 5.74) is 0. The molecule has 11 heavy (non-hydrogen) atoms. The van der Waals surface area contributed by atoms with E-state index in [2.05, 4.69) is 0 Å². The average Bonchev–Trinajstić information content (AvgIpc) is 1.99. The number of aliphatic hydroxyl groups excluding tert-OH is 3. The zero-order valence-corrected chi connectivity index (χ0v) is 6.90. The molecule has 0 heterocycles. The highest BCUT2D eigenvalue weighted by Crippen LogP contribution is 2.01. The monoisotopic (exact) mass is 164 g/mol. The molecule has 0 radical (unpaired) electrons. The van der Waals surface area contributed by atoms with E-state index in [0.717, 1.165) is 0 Å². The third-order valence-electron chi connectivity index (χ3n) is 1.38.